The first-order chi connectivity index (χ1) is 7.38. The van der Waals surface area contributed by atoms with Gasteiger partial charge in [0.1, 0.15) is 0 Å². The number of carbonyl (C=O) groups is 1. The van der Waals surface area contributed by atoms with Crippen molar-refractivity contribution >= 4 is 5.78 Å². The summed E-state index contributed by atoms with van der Waals surface area (Å²) in [5, 5.41) is 0. The van der Waals surface area contributed by atoms with Crippen molar-refractivity contribution in [2.45, 2.75) is 25.7 Å². The number of carbonyl (C=O) groups excluding carboxylic acids is 1. The molecule has 0 aliphatic heterocycles. The molecule has 3 rings (SSSR count). The van der Waals surface area contributed by atoms with Crippen molar-refractivity contribution in [3.63, 3.8) is 0 Å². The maximum absolute atomic E-state index is 12.1. The second kappa shape index (κ2) is 3.44. The van der Waals surface area contributed by atoms with Crippen LogP contribution in [0.15, 0.2) is 24.5 Å². The summed E-state index contributed by atoms with van der Waals surface area (Å²) in [6.45, 7) is 0. The summed E-state index contributed by atoms with van der Waals surface area (Å²) < 4.78 is 0. The van der Waals surface area contributed by atoms with Crippen LogP contribution in [0.3, 0.4) is 0 Å². The van der Waals surface area contributed by atoms with Gasteiger partial charge < -0.3 is 0 Å². The maximum atomic E-state index is 12.1. The smallest absolute Gasteiger partial charge is 0.168 e. The number of ketones is 1. The van der Waals surface area contributed by atoms with E-state index in [0.29, 0.717) is 23.5 Å². The maximum Gasteiger partial charge on any atom is 0.168 e. The highest BCUT2D eigenvalue weighted by molar-refractivity contribution is 5.99. The van der Waals surface area contributed by atoms with E-state index in [2.05, 4.69) is 4.98 Å². The van der Waals surface area contributed by atoms with E-state index >= 15 is 0 Å². The first-order valence-electron chi connectivity index (χ1n) is 5.82. The minimum atomic E-state index is 0.330. The van der Waals surface area contributed by atoms with E-state index in [1.165, 1.54) is 25.7 Å². The van der Waals surface area contributed by atoms with E-state index in [9.17, 15) is 4.79 Å². The van der Waals surface area contributed by atoms with Crippen LogP contribution in [0.1, 0.15) is 36.0 Å². The number of hydrogen-bond acceptors (Lipinski definition) is 2. The van der Waals surface area contributed by atoms with Gasteiger partial charge in [0, 0.05) is 23.9 Å². The Morgan fingerprint density at radius 2 is 2.00 bits per heavy atom. The van der Waals surface area contributed by atoms with Crippen LogP contribution in [0.25, 0.3) is 0 Å². The molecular formula is C13H15NO. The molecule has 2 aliphatic rings. The first kappa shape index (κ1) is 9.08. The number of hydrogen-bond donors (Lipinski definition) is 0. The van der Waals surface area contributed by atoms with Crippen LogP contribution < -0.4 is 0 Å². The van der Waals surface area contributed by atoms with Gasteiger partial charge in [0.05, 0.1) is 0 Å². The molecule has 2 saturated carbocycles. The molecule has 0 radical (unpaired) electrons. The molecule has 0 saturated heterocycles. The van der Waals surface area contributed by atoms with Gasteiger partial charge in [-0.2, -0.15) is 0 Å². The zero-order chi connectivity index (χ0) is 10.3. The van der Waals surface area contributed by atoms with Crippen LogP contribution in [0.5, 0.6) is 0 Å². The lowest BCUT2D eigenvalue weighted by Gasteiger charge is -2.04. The molecule has 0 aromatic carbocycles. The molecule has 15 heavy (non-hydrogen) atoms. The third-order valence-corrected chi connectivity index (χ3v) is 3.91. The quantitative estimate of drug-likeness (QED) is 0.688. The Morgan fingerprint density at radius 3 is 2.60 bits per heavy atom. The normalized spacial score (nSPS) is 33.2. The number of nitrogens with zero attached hydrogens (tertiary/aromatic N) is 1. The number of pyridine rings is 1. The van der Waals surface area contributed by atoms with Gasteiger partial charge in [-0.05, 0) is 36.8 Å². The molecule has 2 aliphatic carbocycles. The summed E-state index contributed by atoms with van der Waals surface area (Å²) in [7, 11) is 0. The fourth-order valence-corrected chi connectivity index (χ4v) is 3.08. The Kier molecular flexibility index (Phi) is 2.08. The van der Waals surface area contributed by atoms with Crippen LogP contribution in [0, 0.1) is 17.8 Å². The topological polar surface area (TPSA) is 30.0 Å². The molecule has 0 bridgehead atoms. The Morgan fingerprint density at radius 1 is 1.27 bits per heavy atom. The first-order valence-corrected chi connectivity index (χ1v) is 5.82. The third kappa shape index (κ3) is 1.48. The molecule has 1 heterocycles. The molecule has 2 atom stereocenters. The largest absolute Gasteiger partial charge is 0.294 e. The lowest BCUT2D eigenvalue weighted by molar-refractivity contribution is 0.0956. The number of Topliss-reactive ketones (excluding diaryl/α,β-unsaturated/α-hetero) is 1. The molecule has 2 unspecified atom stereocenters. The van der Waals surface area contributed by atoms with Gasteiger partial charge >= 0.3 is 0 Å². The van der Waals surface area contributed by atoms with E-state index in [-0.39, 0.29) is 0 Å². The van der Waals surface area contributed by atoms with Gasteiger partial charge in [0.2, 0.25) is 0 Å². The second-order valence-corrected chi connectivity index (χ2v) is 4.74. The van der Waals surface area contributed by atoms with E-state index in [0.717, 1.165) is 5.56 Å². The van der Waals surface area contributed by atoms with Gasteiger partial charge in [-0.1, -0.05) is 12.8 Å². The van der Waals surface area contributed by atoms with Gasteiger partial charge in [-0.15, -0.1) is 0 Å². The Balaban J connectivity index is 1.77. The van der Waals surface area contributed by atoms with Crippen molar-refractivity contribution in [3.05, 3.63) is 30.1 Å². The minimum absolute atomic E-state index is 0.330. The van der Waals surface area contributed by atoms with Crippen LogP contribution in [-0.4, -0.2) is 10.8 Å². The molecule has 0 amide bonds. The SMILES string of the molecule is O=C(c1cccnc1)C1C2CCCCC21. The highest BCUT2D eigenvalue weighted by Gasteiger charge is 2.54. The predicted molar refractivity (Wildman–Crippen MR) is 57.5 cm³/mol. The molecule has 2 nitrogen and oxygen atoms in total. The fraction of sp³-hybridized carbons (Fsp3) is 0.538. The standard InChI is InChI=1S/C13H15NO/c15-13(9-4-3-7-14-8-9)12-10-5-1-2-6-11(10)12/h3-4,7-8,10-12H,1-2,5-6H2. The molecule has 78 valence electrons. The Labute approximate surface area is 89.7 Å². The van der Waals surface area contributed by atoms with Crippen molar-refractivity contribution in [3.8, 4) is 0 Å². The monoisotopic (exact) mass is 201 g/mol. The Bertz CT molecular complexity index is 361. The second-order valence-electron chi connectivity index (χ2n) is 4.74. The number of fused-ring (bicyclic) bond motifs is 1. The third-order valence-electron chi connectivity index (χ3n) is 3.91. The van der Waals surface area contributed by atoms with Gasteiger partial charge in [0.15, 0.2) is 5.78 Å². The molecule has 1 aromatic rings. The lowest BCUT2D eigenvalue weighted by Crippen LogP contribution is -2.04. The number of rotatable bonds is 2. The van der Waals surface area contributed by atoms with Crippen LogP contribution in [-0.2, 0) is 0 Å². The molecule has 2 fully saturated rings. The summed E-state index contributed by atoms with van der Waals surface area (Å²) >= 11 is 0. The van der Waals surface area contributed by atoms with Crippen molar-refractivity contribution in [2.75, 3.05) is 0 Å². The summed E-state index contributed by atoms with van der Waals surface area (Å²) in [5.74, 6) is 2.06. The lowest BCUT2D eigenvalue weighted by atomic mass is 10.0. The van der Waals surface area contributed by atoms with Crippen LogP contribution in [0.2, 0.25) is 0 Å². The van der Waals surface area contributed by atoms with Crippen molar-refractivity contribution in [1.82, 2.24) is 4.98 Å². The summed E-state index contributed by atoms with van der Waals surface area (Å²) in [6, 6.07) is 3.74. The van der Waals surface area contributed by atoms with Gasteiger partial charge in [-0.3, -0.25) is 9.78 Å². The summed E-state index contributed by atoms with van der Waals surface area (Å²) in [4.78, 5) is 16.1. The highest BCUT2D eigenvalue weighted by Crippen LogP contribution is 2.56. The predicted octanol–water partition coefficient (Wildman–Crippen LogP) is 2.70. The zero-order valence-corrected chi connectivity index (χ0v) is 8.73. The molecule has 0 spiro atoms. The average Bonchev–Trinajstić information content (AvgIpc) is 3.03. The molecule has 2 heteroatoms. The number of aromatic nitrogens is 1. The van der Waals surface area contributed by atoms with Crippen molar-refractivity contribution < 1.29 is 4.79 Å². The van der Waals surface area contributed by atoms with E-state index < -0.39 is 0 Å². The summed E-state index contributed by atoms with van der Waals surface area (Å²) in [6.07, 6.45) is 8.59. The van der Waals surface area contributed by atoms with Crippen molar-refractivity contribution in [2.24, 2.45) is 17.8 Å². The van der Waals surface area contributed by atoms with E-state index in [4.69, 9.17) is 0 Å². The van der Waals surface area contributed by atoms with Gasteiger partial charge in [-0.25, -0.2) is 0 Å². The van der Waals surface area contributed by atoms with Crippen LogP contribution in [0.4, 0.5) is 0 Å². The van der Waals surface area contributed by atoms with Crippen LogP contribution >= 0.6 is 0 Å². The molecule has 0 N–H and O–H groups in total. The van der Waals surface area contributed by atoms with E-state index in [1.807, 2.05) is 12.1 Å². The molecular weight excluding hydrogens is 186 g/mol. The van der Waals surface area contributed by atoms with Crippen molar-refractivity contribution in [1.29, 1.82) is 0 Å². The summed E-state index contributed by atoms with van der Waals surface area (Å²) in [5.41, 5.74) is 0.803. The van der Waals surface area contributed by atoms with Gasteiger partial charge in [0.25, 0.3) is 0 Å². The fourth-order valence-electron chi connectivity index (χ4n) is 3.08. The zero-order valence-electron chi connectivity index (χ0n) is 8.73. The van der Waals surface area contributed by atoms with E-state index in [1.54, 1.807) is 12.4 Å². The average molecular weight is 201 g/mol. The minimum Gasteiger partial charge on any atom is -0.294 e. The Hall–Kier alpha value is -1.18. The highest BCUT2D eigenvalue weighted by atomic mass is 16.1. The molecule has 1 aromatic heterocycles.